The lowest BCUT2D eigenvalue weighted by molar-refractivity contribution is -0.122. The largest absolute Gasteiger partial charge is 0.396 e. The van der Waals surface area contributed by atoms with E-state index in [2.05, 4.69) is 5.32 Å². The lowest BCUT2D eigenvalue weighted by atomic mass is 9.87. The smallest absolute Gasteiger partial charge is 0.220 e. The highest BCUT2D eigenvalue weighted by atomic mass is 16.2. The molecule has 1 rings (SSSR count). The van der Waals surface area contributed by atoms with Crippen LogP contribution in [0.25, 0.3) is 0 Å². The highest BCUT2D eigenvalue weighted by molar-refractivity contribution is 5.76. The Balaban J connectivity index is 2.13. The molecule has 0 aliphatic heterocycles. The van der Waals surface area contributed by atoms with Crippen LogP contribution < -0.4 is 5.32 Å². The van der Waals surface area contributed by atoms with Gasteiger partial charge in [0.05, 0.1) is 0 Å². The molecule has 0 heterocycles. The Morgan fingerprint density at radius 3 is 2.69 bits per heavy atom. The Bertz CT molecular complexity index is 200. The van der Waals surface area contributed by atoms with Crippen molar-refractivity contribution in [1.82, 2.24) is 5.32 Å². The van der Waals surface area contributed by atoms with Gasteiger partial charge in [-0.3, -0.25) is 4.79 Å². The van der Waals surface area contributed by atoms with E-state index in [-0.39, 0.29) is 18.6 Å². The van der Waals surface area contributed by atoms with E-state index in [4.69, 9.17) is 5.11 Å². The van der Waals surface area contributed by atoms with E-state index in [0.29, 0.717) is 12.3 Å². The van der Waals surface area contributed by atoms with E-state index in [9.17, 15) is 4.79 Å². The summed E-state index contributed by atoms with van der Waals surface area (Å²) in [5, 5.41) is 11.7. The quantitative estimate of drug-likeness (QED) is 0.731. The summed E-state index contributed by atoms with van der Waals surface area (Å²) >= 11 is 0. The number of hydrogen-bond acceptors (Lipinski definition) is 2. The summed E-state index contributed by atoms with van der Waals surface area (Å²) < 4.78 is 0. The molecule has 1 fully saturated rings. The second-order valence-corrected chi connectivity index (χ2v) is 5.04. The topological polar surface area (TPSA) is 49.3 Å². The fourth-order valence-corrected chi connectivity index (χ4v) is 2.46. The first-order valence-electron chi connectivity index (χ1n) is 6.62. The molecule has 1 aliphatic carbocycles. The van der Waals surface area contributed by atoms with Crippen molar-refractivity contribution in [2.24, 2.45) is 5.92 Å². The minimum absolute atomic E-state index is 0.192. The van der Waals surface area contributed by atoms with Gasteiger partial charge in [0.1, 0.15) is 0 Å². The maximum atomic E-state index is 11.7. The van der Waals surface area contributed by atoms with E-state index >= 15 is 0 Å². The van der Waals surface area contributed by atoms with Gasteiger partial charge in [0.2, 0.25) is 5.91 Å². The molecule has 0 radical (unpaired) electrons. The highest BCUT2D eigenvalue weighted by Crippen LogP contribution is 2.26. The Labute approximate surface area is 98.6 Å². The molecule has 2 N–H and O–H groups in total. The van der Waals surface area contributed by atoms with Crippen molar-refractivity contribution >= 4 is 5.91 Å². The van der Waals surface area contributed by atoms with Crippen LogP contribution in [0.3, 0.4) is 0 Å². The number of carbonyl (C=O) groups is 1. The molecule has 1 amide bonds. The summed E-state index contributed by atoms with van der Waals surface area (Å²) in [6.07, 6.45) is 8.69. The zero-order chi connectivity index (χ0) is 11.8. The number of amides is 1. The Kier molecular flexibility index (Phi) is 6.46. The van der Waals surface area contributed by atoms with Gasteiger partial charge in [-0.15, -0.1) is 0 Å². The van der Waals surface area contributed by atoms with Gasteiger partial charge in [0.15, 0.2) is 0 Å². The number of hydrogen-bond donors (Lipinski definition) is 2. The third-order valence-electron chi connectivity index (χ3n) is 3.40. The van der Waals surface area contributed by atoms with Gasteiger partial charge < -0.3 is 10.4 Å². The third kappa shape index (κ3) is 5.50. The molecule has 0 saturated heterocycles. The second-order valence-electron chi connectivity index (χ2n) is 5.04. The number of aliphatic hydroxyl groups is 1. The normalized spacial score (nSPS) is 19.4. The van der Waals surface area contributed by atoms with E-state index in [1.807, 2.05) is 6.92 Å². The molecule has 16 heavy (non-hydrogen) atoms. The van der Waals surface area contributed by atoms with Crippen molar-refractivity contribution in [2.45, 2.75) is 64.3 Å². The highest BCUT2D eigenvalue weighted by Gasteiger charge is 2.17. The van der Waals surface area contributed by atoms with Crippen molar-refractivity contribution in [2.75, 3.05) is 6.61 Å². The summed E-state index contributed by atoms with van der Waals surface area (Å²) in [6.45, 7) is 2.22. The van der Waals surface area contributed by atoms with Gasteiger partial charge in [-0.25, -0.2) is 0 Å². The van der Waals surface area contributed by atoms with Crippen LogP contribution >= 0.6 is 0 Å². The van der Waals surface area contributed by atoms with Crippen molar-refractivity contribution in [3.63, 3.8) is 0 Å². The minimum Gasteiger partial charge on any atom is -0.396 e. The SMILES string of the molecule is CC(CCCO)NC(=O)CC1CCCCC1. The monoisotopic (exact) mass is 227 g/mol. The van der Waals surface area contributed by atoms with Gasteiger partial charge in [0.25, 0.3) is 0 Å². The lowest BCUT2D eigenvalue weighted by Crippen LogP contribution is -2.34. The van der Waals surface area contributed by atoms with Crippen LogP contribution in [0.15, 0.2) is 0 Å². The molecule has 94 valence electrons. The Morgan fingerprint density at radius 2 is 2.06 bits per heavy atom. The van der Waals surface area contributed by atoms with E-state index in [1.54, 1.807) is 0 Å². The zero-order valence-corrected chi connectivity index (χ0v) is 10.4. The van der Waals surface area contributed by atoms with E-state index < -0.39 is 0 Å². The predicted octanol–water partition coefficient (Wildman–Crippen LogP) is 2.23. The molecule has 3 heteroatoms. The molecule has 0 aromatic carbocycles. The molecule has 0 bridgehead atoms. The van der Waals surface area contributed by atoms with Gasteiger partial charge >= 0.3 is 0 Å². The van der Waals surface area contributed by atoms with Crippen LogP contribution in [0.4, 0.5) is 0 Å². The first-order valence-corrected chi connectivity index (χ1v) is 6.62. The number of rotatable bonds is 6. The molecule has 1 unspecified atom stereocenters. The van der Waals surface area contributed by atoms with Crippen LogP contribution in [-0.2, 0) is 4.79 Å². The first-order chi connectivity index (χ1) is 7.72. The molecule has 1 atom stereocenters. The van der Waals surface area contributed by atoms with Crippen molar-refractivity contribution < 1.29 is 9.90 Å². The molecular weight excluding hydrogens is 202 g/mol. The summed E-state index contributed by atoms with van der Waals surface area (Å²) in [5.74, 6) is 0.802. The van der Waals surface area contributed by atoms with Crippen LogP contribution in [0.5, 0.6) is 0 Å². The van der Waals surface area contributed by atoms with Crippen molar-refractivity contribution in [3.05, 3.63) is 0 Å². The van der Waals surface area contributed by atoms with E-state index in [1.165, 1.54) is 32.1 Å². The molecule has 1 aliphatic rings. The number of nitrogens with one attached hydrogen (secondary N) is 1. The third-order valence-corrected chi connectivity index (χ3v) is 3.40. The number of carbonyl (C=O) groups excluding carboxylic acids is 1. The first kappa shape index (κ1) is 13.5. The van der Waals surface area contributed by atoms with E-state index in [0.717, 1.165) is 12.8 Å². The van der Waals surface area contributed by atoms with Gasteiger partial charge in [-0.1, -0.05) is 19.3 Å². The number of aliphatic hydroxyl groups excluding tert-OH is 1. The molecule has 0 aromatic heterocycles. The average Bonchev–Trinajstić information content (AvgIpc) is 2.27. The summed E-state index contributed by atoms with van der Waals surface area (Å²) in [5.41, 5.74) is 0. The fourth-order valence-electron chi connectivity index (χ4n) is 2.46. The van der Waals surface area contributed by atoms with Gasteiger partial charge in [0, 0.05) is 19.1 Å². The standard InChI is InChI=1S/C13H25NO2/c1-11(6-5-9-15)14-13(16)10-12-7-3-2-4-8-12/h11-12,15H,2-10H2,1H3,(H,14,16). The fraction of sp³-hybridized carbons (Fsp3) is 0.923. The lowest BCUT2D eigenvalue weighted by Gasteiger charge is -2.22. The van der Waals surface area contributed by atoms with Gasteiger partial charge in [-0.05, 0) is 38.5 Å². The minimum atomic E-state index is 0.192. The van der Waals surface area contributed by atoms with Crippen molar-refractivity contribution in [3.8, 4) is 0 Å². The molecule has 0 spiro atoms. The second kappa shape index (κ2) is 7.66. The van der Waals surface area contributed by atoms with Crippen molar-refractivity contribution in [1.29, 1.82) is 0 Å². The molecule has 0 aromatic rings. The Hall–Kier alpha value is -0.570. The predicted molar refractivity (Wildman–Crippen MR) is 65.1 cm³/mol. The summed E-state index contributed by atoms with van der Waals surface area (Å²) in [6, 6.07) is 0.197. The molecule has 1 saturated carbocycles. The average molecular weight is 227 g/mol. The van der Waals surface area contributed by atoms with Crippen LogP contribution in [0.2, 0.25) is 0 Å². The molecular formula is C13H25NO2. The van der Waals surface area contributed by atoms with Crippen LogP contribution in [0, 0.1) is 5.92 Å². The summed E-state index contributed by atoms with van der Waals surface area (Å²) in [7, 11) is 0. The Morgan fingerprint density at radius 1 is 1.38 bits per heavy atom. The van der Waals surface area contributed by atoms with Crippen LogP contribution in [0.1, 0.15) is 58.3 Å². The summed E-state index contributed by atoms with van der Waals surface area (Å²) in [4.78, 5) is 11.7. The van der Waals surface area contributed by atoms with Crippen LogP contribution in [-0.4, -0.2) is 23.7 Å². The zero-order valence-electron chi connectivity index (χ0n) is 10.4. The molecule has 3 nitrogen and oxygen atoms in total. The van der Waals surface area contributed by atoms with Gasteiger partial charge in [-0.2, -0.15) is 0 Å². The maximum absolute atomic E-state index is 11.7. The maximum Gasteiger partial charge on any atom is 0.220 e.